The second-order valence-electron chi connectivity index (χ2n) is 8.93. The summed E-state index contributed by atoms with van der Waals surface area (Å²) in [5.41, 5.74) is 1.68. The number of benzene rings is 1. The maximum Gasteiger partial charge on any atom is 0.296 e. The molecule has 1 saturated heterocycles. The molecule has 3 heterocycles. The van der Waals surface area contributed by atoms with Gasteiger partial charge in [0.2, 0.25) is 0 Å². The monoisotopic (exact) mass is 462 g/mol. The number of amides is 1. The number of rotatable bonds is 5. The molecule has 3 aromatic rings. The highest BCUT2D eigenvalue weighted by molar-refractivity contribution is 7.09. The molecule has 1 fully saturated rings. The van der Waals surface area contributed by atoms with Gasteiger partial charge in [0, 0.05) is 11.1 Å². The van der Waals surface area contributed by atoms with Crippen molar-refractivity contribution in [1.82, 2.24) is 9.88 Å². The van der Waals surface area contributed by atoms with Gasteiger partial charge in [-0.25, -0.2) is 0 Å². The first kappa shape index (κ1) is 22.7. The number of thiophene rings is 1. The number of methoxy groups -OCH3 is 1. The van der Waals surface area contributed by atoms with Gasteiger partial charge in [-0.2, -0.15) is 0 Å². The number of hydrogen-bond acceptors (Lipinski definition) is 6. The minimum atomic E-state index is -0.809. The highest BCUT2D eigenvalue weighted by atomic mass is 32.1. The van der Waals surface area contributed by atoms with Crippen LogP contribution in [0.5, 0.6) is 5.75 Å². The summed E-state index contributed by atoms with van der Waals surface area (Å²) in [6.45, 7) is 6.44. The van der Waals surface area contributed by atoms with Crippen molar-refractivity contribution in [3.8, 4) is 5.75 Å². The number of carbonyl (C=O) groups is 2. The van der Waals surface area contributed by atoms with Crippen LogP contribution in [0.25, 0.3) is 5.76 Å². The molecule has 1 N–H and O–H groups in total. The summed E-state index contributed by atoms with van der Waals surface area (Å²) in [5.74, 6) is -1.24. The van der Waals surface area contributed by atoms with E-state index in [-0.39, 0.29) is 23.3 Å². The summed E-state index contributed by atoms with van der Waals surface area (Å²) in [5, 5.41) is 13.4. The van der Waals surface area contributed by atoms with Crippen molar-refractivity contribution < 1.29 is 19.4 Å². The number of likely N-dealkylation sites (tertiary alicyclic amines) is 1. The van der Waals surface area contributed by atoms with Crippen LogP contribution in [0.4, 0.5) is 0 Å². The molecule has 6 nitrogen and oxygen atoms in total. The molecule has 0 radical (unpaired) electrons. The van der Waals surface area contributed by atoms with E-state index < -0.39 is 17.7 Å². The molecule has 1 atom stereocenters. The number of hydrogen-bond donors (Lipinski definition) is 1. The van der Waals surface area contributed by atoms with Gasteiger partial charge in [-0.15, -0.1) is 11.3 Å². The van der Waals surface area contributed by atoms with E-state index >= 15 is 0 Å². The summed E-state index contributed by atoms with van der Waals surface area (Å²) in [4.78, 5) is 33.2. The van der Waals surface area contributed by atoms with E-state index in [9.17, 15) is 14.7 Å². The van der Waals surface area contributed by atoms with E-state index in [4.69, 9.17) is 4.74 Å². The molecule has 1 aliphatic heterocycles. The van der Waals surface area contributed by atoms with Gasteiger partial charge in [-0.1, -0.05) is 39.0 Å². The number of aromatic nitrogens is 1. The average Bonchev–Trinajstić information content (AvgIpc) is 3.40. The quantitative estimate of drug-likeness (QED) is 0.325. The third-order valence-electron chi connectivity index (χ3n) is 5.73. The topological polar surface area (TPSA) is 79.7 Å². The normalized spacial score (nSPS) is 18.1. The SMILES string of the molecule is COc1ccc(C(C)(C)C)cc1/C(O)=C1\C(=O)C(=O)N(Cc2cccs2)C1c1ccccn1. The fourth-order valence-electron chi connectivity index (χ4n) is 3.96. The van der Waals surface area contributed by atoms with Crippen molar-refractivity contribution in [3.05, 3.63) is 87.4 Å². The molecule has 1 aromatic carbocycles. The molecule has 1 aliphatic rings. The second kappa shape index (κ2) is 8.83. The van der Waals surface area contributed by atoms with Crippen LogP contribution in [0, 0.1) is 0 Å². The van der Waals surface area contributed by atoms with E-state index in [1.54, 1.807) is 30.5 Å². The molecule has 4 rings (SSSR count). The summed E-state index contributed by atoms with van der Waals surface area (Å²) < 4.78 is 5.49. The van der Waals surface area contributed by atoms with Crippen molar-refractivity contribution in [1.29, 1.82) is 0 Å². The molecule has 0 bridgehead atoms. The average molecular weight is 463 g/mol. The third kappa shape index (κ3) is 4.28. The molecule has 2 aromatic heterocycles. The van der Waals surface area contributed by atoms with Crippen molar-refractivity contribution >= 4 is 28.8 Å². The second-order valence-corrected chi connectivity index (χ2v) is 9.96. The van der Waals surface area contributed by atoms with Gasteiger partial charge in [0.25, 0.3) is 11.7 Å². The number of aliphatic hydroxyl groups is 1. The molecular weight excluding hydrogens is 436 g/mol. The number of aliphatic hydroxyl groups excluding tert-OH is 1. The Morgan fingerprint density at radius 1 is 1.15 bits per heavy atom. The van der Waals surface area contributed by atoms with Gasteiger partial charge in [0.15, 0.2) is 0 Å². The molecule has 0 spiro atoms. The van der Waals surface area contributed by atoms with Crippen LogP contribution in [0.15, 0.2) is 65.7 Å². The van der Waals surface area contributed by atoms with E-state index in [1.165, 1.54) is 23.3 Å². The molecule has 170 valence electrons. The standard InChI is InChI=1S/C26H26N2O4S/c1-26(2,3)16-10-11-20(32-4)18(14-16)23(29)21-22(19-9-5-6-12-27-19)28(25(31)24(21)30)15-17-8-7-13-33-17/h5-14,22,29H,15H2,1-4H3/b23-21+. The van der Waals surface area contributed by atoms with Crippen LogP contribution in [0.2, 0.25) is 0 Å². The predicted molar refractivity (Wildman–Crippen MR) is 128 cm³/mol. The van der Waals surface area contributed by atoms with E-state index in [1.807, 2.05) is 29.6 Å². The van der Waals surface area contributed by atoms with E-state index in [0.717, 1.165) is 10.4 Å². The zero-order valence-corrected chi connectivity index (χ0v) is 19.8. The number of ketones is 1. The highest BCUT2D eigenvalue weighted by Crippen LogP contribution is 2.42. The van der Waals surface area contributed by atoms with Gasteiger partial charge in [-0.05, 0) is 46.7 Å². The fourth-order valence-corrected chi connectivity index (χ4v) is 4.67. The smallest absolute Gasteiger partial charge is 0.296 e. The van der Waals surface area contributed by atoms with Gasteiger partial charge in [0.05, 0.1) is 30.5 Å². The van der Waals surface area contributed by atoms with Crippen LogP contribution >= 0.6 is 11.3 Å². The van der Waals surface area contributed by atoms with Crippen LogP contribution in [0.3, 0.4) is 0 Å². The lowest BCUT2D eigenvalue weighted by Gasteiger charge is -2.24. The Kier molecular flexibility index (Phi) is 6.08. The van der Waals surface area contributed by atoms with Crippen molar-refractivity contribution in [3.63, 3.8) is 0 Å². The first-order valence-electron chi connectivity index (χ1n) is 10.6. The van der Waals surface area contributed by atoms with E-state index in [0.29, 0.717) is 17.0 Å². The van der Waals surface area contributed by atoms with Crippen molar-refractivity contribution in [2.45, 2.75) is 38.8 Å². The minimum absolute atomic E-state index is 0.0135. The van der Waals surface area contributed by atoms with E-state index in [2.05, 4.69) is 25.8 Å². The molecule has 1 unspecified atom stereocenters. The van der Waals surface area contributed by atoms with Crippen LogP contribution < -0.4 is 4.74 Å². The van der Waals surface area contributed by atoms with Crippen molar-refractivity contribution in [2.75, 3.05) is 7.11 Å². The fraction of sp³-hybridized carbons (Fsp3) is 0.269. The maximum absolute atomic E-state index is 13.2. The Bertz CT molecular complexity index is 1210. The largest absolute Gasteiger partial charge is 0.507 e. The molecule has 1 amide bonds. The number of pyridine rings is 1. The van der Waals surface area contributed by atoms with Crippen LogP contribution in [0.1, 0.15) is 48.5 Å². The third-order valence-corrected chi connectivity index (χ3v) is 6.60. The highest BCUT2D eigenvalue weighted by Gasteiger charge is 2.47. The summed E-state index contributed by atoms with van der Waals surface area (Å²) in [6, 6.07) is 13.8. The zero-order chi connectivity index (χ0) is 23.8. The number of Topliss-reactive ketones (excluding diaryl/α,β-unsaturated/α-hetero) is 1. The van der Waals surface area contributed by atoms with Gasteiger partial charge < -0.3 is 14.7 Å². The minimum Gasteiger partial charge on any atom is -0.507 e. The van der Waals surface area contributed by atoms with Crippen molar-refractivity contribution in [2.24, 2.45) is 0 Å². The van der Waals surface area contributed by atoms with Crippen LogP contribution in [-0.4, -0.2) is 33.8 Å². The summed E-state index contributed by atoms with van der Waals surface area (Å²) in [7, 11) is 1.51. The number of carbonyl (C=O) groups excluding carboxylic acids is 2. The molecule has 33 heavy (non-hydrogen) atoms. The Labute approximate surface area is 197 Å². The van der Waals surface area contributed by atoms with Crippen LogP contribution in [-0.2, 0) is 21.5 Å². The van der Waals surface area contributed by atoms with Gasteiger partial charge >= 0.3 is 0 Å². The lowest BCUT2D eigenvalue weighted by molar-refractivity contribution is -0.140. The lowest BCUT2D eigenvalue weighted by Crippen LogP contribution is -2.29. The van der Waals surface area contributed by atoms with Gasteiger partial charge in [0.1, 0.15) is 17.6 Å². The predicted octanol–water partition coefficient (Wildman–Crippen LogP) is 5.07. The Hall–Kier alpha value is -3.45. The molecule has 7 heteroatoms. The Morgan fingerprint density at radius 2 is 1.94 bits per heavy atom. The zero-order valence-electron chi connectivity index (χ0n) is 19.0. The Morgan fingerprint density at radius 3 is 2.55 bits per heavy atom. The summed E-state index contributed by atoms with van der Waals surface area (Å²) >= 11 is 1.50. The Balaban J connectivity index is 1.92. The first-order chi connectivity index (χ1) is 15.7. The summed E-state index contributed by atoms with van der Waals surface area (Å²) in [6.07, 6.45) is 1.61. The van der Waals surface area contributed by atoms with Gasteiger partial charge in [-0.3, -0.25) is 14.6 Å². The maximum atomic E-state index is 13.2. The lowest BCUT2D eigenvalue weighted by atomic mass is 9.85. The molecule has 0 saturated carbocycles. The molecular formula is C26H26N2O4S. The first-order valence-corrected chi connectivity index (χ1v) is 11.5. The molecule has 0 aliphatic carbocycles. The number of ether oxygens (including phenoxy) is 1. The number of nitrogens with zero attached hydrogens (tertiary/aromatic N) is 2.